The average molecular weight is 446 g/mol. The summed E-state index contributed by atoms with van der Waals surface area (Å²) in [6.07, 6.45) is 0. The summed E-state index contributed by atoms with van der Waals surface area (Å²) >= 11 is 6.23. The van der Waals surface area contributed by atoms with Crippen LogP contribution >= 0.6 is 11.6 Å². The number of nitrogens with one attached hydrogen (secondary N) is 1. The van der Waals surface area contributed by atoms with Gasteiger partial charge >= 0.3 is 0 Å². The van der Waals surface area contributed by atoms with Crippen molar-refractivity contribution in [2.45, 2.75) is 0 Å². The number of fused-ring (bicyclic) bond motifs is 2. The molecule has 0 radical (unpaired) electrons. The molecule has 1 N–H and O–H groups in total. The molecule has 2 heterocycles. The zero-order valence-corrected chi connectivity index (χ0v) is 17.6. The molecule has 5 aromatic rings. The number of methoxy groups -OCH3 is 1. The quantitative estimate of drug-likeness (QED) is 0.360. The van der Waals surface area contributed by atoms with Gasteiger partial charge in [0, 0.05) is 22.7 Å². The predicted molar refractivity (Wildman–Crippen MR) is 124 cm³/mol. The lowest BCUT2D eigenvalue weighted by Gasteiger charge is -2.07. The second kappa shape index (κ2) is 7.90. The molecule has 0 saturated heterocycles. The Morgan fingerprint density at radius 1 is 0.969 bits per heavy atom. The zero-order chi connectivity index (χ0) is 22.2. The third-order valence-electron chi connectivity index (χ3n) is 5.08. The van der Waals surface area contributed by atoms with Gasteiger partial charge in [-0.1, -0.05) is 35.9 Å². The largest absolute Gasteiger partial charge is 0.493 e. The molecule has 32 heavy (non-hydrogen) atoms. The van der Waals surface area contributed by atoms with Crippen molar-refractivity contribution in [3.63, 3.8) is 0 Å². The van der Waals surface area contributed by atoms with Crippen LogP contribution in [0.2, 0.25) is 5.02 Å². The van der Waals surface area contributed by atoms with E-state index in [-0.39, 0.29) is 11.2 Å². The minimum Gasteiger partial charge on any atom is -0.493 e. The molecular weight excluding hydrogens is 430 g/mol. The molecule has 7 heteroatoms. The number of rotatable bonds is 4. The van der Waals surface area contributed by atoms with Crippen molar-refractivity contribution in [2.75, 3.05) is 12.4 Å². The highest BCUT2D eigenvalue weighted by Crippen LogP contribution is 2.30. The fourth-order valence-corrected chi connectivity index (χ4v) is 3.76. The van der Waals surface area contributed by atoms with Crippen LogP contribution in [0.4, 0.5) is 5.69 Å². The Hall–Kier alpha value is -4.03. The van der Waals surface area contributed by atoms with Crippen molar-refractivity contribution in [3.8, 4) is 17.1 Å². The van der Waals surface area contributed by atoms with E-state index in [0.717, 1.165) is 5.39 Å². The summed E-state index contributed by atoms with van der Waals surface area (Å²) in [6.45, 7) is 0. The van der Waals surface area contributed by atoms with E-state index in [0.29, 0.717) is 44.3 Å². The molecule has 0 aliphatic carbocycles. The number of anilines is 1. The molecule has 0 spiro atoms. The second-order valence-electron chi connectivity index (χ2n) is 7.11. The van der Waals surface area contributed by atoms with E-state index in [1.54, 1.807) is 48.5 Å². The number of furan rings is 1. The van der Waals surface area contributed by atoms with Crippen molar-refractivity contribution in [1.29, 1.82) is 0 Å². The minimum atomic E-state index is -0.445. The third kappa shape index (κ3) is 3.50. The number of para-hydroxylation sites is 1. The number of carbonyl (C=O) groups is 1. The predicted octanol–water partition coefficient (Wildman–Crippen LogP) is 6.12. The number of ether oxygens (including phenoxy) is 1. The van der Waals surface area contributed by atoms with E-state index < -0.39 is 5.91 Å². The maximum Gasteiger partial charge on any atom is 0.291 e. The maximum atomic E-state index is 12.7. The topological polar surface area (TPSA) is 81.7 Å². The normalized spacial score (nSPS) is 11.1. The average Bonchev–Trinajstić information content (AvgIpc) is 3.24. The highest BCUT2D eigenvalue weighted by atomic mass is 35.5. The number of amides is 1. The lowest BCUT2D eigenvalue weighted by Crippen LogP contribution is -2.11. The summed E-state index contributed by atoms with van der Waals surface area (Å²) in [5, 5.41) is 4.33. The number of hydrogen-bond acceptors (Lipinski definition) is 5. The monoisotopic (exact) mass is 445 g/mol. The molecule has 0 aliphatic rings. The lowest BCUT2D eigenvalue weighted by molar-refractivity contribution is 0.0998. The molecule has 158 valence electrons. The van der Waals surface area contributed by atoms with Crippen LogP contribution in [0.5, 0.6) is 5.75 Å². The van der Waals surface area contributed by atoms with Crippen LogP contribution in [-0.2, 0) is 0 Å². The molecule has 5 rings (SSSR count). The lowest BCUT2D eigenvalue weighted by atomic mass is 10.1. The Morgan fingerprint density at radius 3 is 2.62 bits per heavy atom. The van der Waals surface area contributed by atoms with Gasteiger partial charge in [-0.25, -0.2) is 0 Å². The SMILES string of the molecule is COc1cccc2cc(C(=O)Nc3ccc4oc(-c5ccccc5Cl)cc(=O)c4c3)oc12. The van der Waals surface area contributed by atoms with Crippen LogP contribution in [0, 0.1) is 0 Å². The first-order valence-corrected chi connectivity index (χ1v) is 10.1. The van der Waals surface area contributed by atoms with Crippen LogP contribution in [0.25, 0.3) is 33.3 Å². The highest BCUT2D eigenvalue weighted by molar-refractivity contribution is 6.33. The molecule has 0 fully saturated rings. The standard InChI is InChI=1S/C25H16ClNO5/c1-30-21-8-4-5-14-11-23(32-24(14)21)25(29)27-15-9-10-20-17(12-15)19(28)13-22(31-20)16-6-2-3-7-18(16)26/h2-13H,1H3,(H,27,29). The molecule has 0 aliphatic heterocycles. The Labute approximate surface area is 187 Å². The van der Waals surface area contributed by atoms with Crippen LogP contribution in [0.15, 0.2) is 86.4 Å². The number of hydrogen-bond donors (Lipinski definition) is 1. The van der Waals surface area contributed by atoms with Gasteiger partial charge in [0.25, 0.3) is 5.91 Å². The van der Waals surface area contributed by atoms with E-state index in [1.807, 2.05) is 18.2 Å². The Morgan fingerprint density at radius 2 is 1.81 bits per heavy atom. The van der Waals surface area contributed by atoms with Crippen LogP contribution in [0.1, 0.15) is 10.6 Å². The molecule has 6 nitrogen and oxygen atoms in total. The minimum absolute atomic E-state index is 0.130. The summed E-state index contributed by atoms with van der Waals surface area (Å²) < 4.78 is 16.8. The Bertz CT molecular complexity index is 1550. The van der Waals surface area contributed by atoms with E-state index in [9.17, 15) is 9.59 Å². The van der Waals surface area contributed by atoms with Gasteiger partial charge in [0.15, 0.2) is 22.5 Å². The van der Waals surface area contributed by atoms with E-state index in [1.165, 1.54) is 13.2 Å². The molecule has 1 amide bonds. The number of benzene rings is 3. The van der Waals surface area contributed by atoms with Crippen LogP contribution < -0.4 is 15.5 Å². The number of carbonyl (C=O) groups excluding carboxylic acids is 1. The second-order valence-corrected chi connectivity index (χ2v) is 7.52. The van der Waals surface area contributed by atoms with Gasteiger partial charge in [-0.3, -0.25) is 9.59 Å². The smallest absolute Gasteiger partial charge is 0.291 e. The third-order valence-corrected chi connectivity index (χ3v) is 5.41. The molecule has 0 bridgehead atoms. The molecule has 3 aromatic carbocycles. The molecule has 2 aromatic heterocycles. The summed E-state index contributed by atoms with van der Waals surface area (Å²) in [5.74, 6) is 0.602. The highest BCUT2D eigenvalue weighted by Gasteiger charge is 2.16. The van der Waals surface area contributed by atoms with Gasteiger partial charge in [0.1, 0.15) is 11.3 Å². The summed E-state index contributed by atoms with van der Waals surface area (Å²) in [6, 6.07) is 20.4. The zero-order valence-electron chi connectivity index (χ0n) is 16.8. The summed E-state index contributed by atoms with van der Waals surface area (Å²) in [7, 11) is 1.54. The Balaban J connectivity index is 1.47. The van der Waals surface area contributed by atoms with Gasteiger partial charge < -0.3 is 18.9 Å². The summed E-state index contributed by atoms with van der Waals surface area (Å²) in [4.78, 5) is 25.5. The van der Waals surface area contributed by atoms with Crippen molar-refractivity contribution in [2.24, 2.45) is 0 Å². The van der Waals surface area contributed by atoms with Gasteiger partial charge in [0.2, 0.25) is 0 Å². The molecule has 0 unspecified atom stereocenters. The van der Waals surface area contributed by atoms with E-state index in [2.05, 4.69) is 5.32 Å². The summed E-state index contributed by atoms with van der Waals surface area (Å²) in [5.41, 5.74) is 1.70. The van der Waals surface area contributed by atoms with Crippen LogP contribution in [-0.4, -0.2) is 13.0 Å². The van der Waals surface area contributed by atoms with E-state index in [4.69, 9.17) is 25.2 Å². The van der Waals surface area contributed by atoms with Gasteiger partial charge in [-0.05, 0) is 42.5 Å². The molecule has 0 saturated carbocycles. The first-order chi connectivity index (χ1) is 15.5. The van der Waals surface area contributed by atoms with Crippen molar-refractivity contribution in [1.82, 2.24) is 0 Å². The van der Waals surface area contributed by atoms with Gasteiger partial charge in [-0.2, -0.15) is 0 Å². The van der Waals surface area contributed by atoms with Crippen molar-refractivity contribution >= 4 is 45.1 Å². The van der Waals surface area contributed by atoms with E-state index >= 15 is 0 Å². The molecular formula is C25H16ClNO5. The maximum absolute atomic E-state index is 12.7. The first-order valence-electron chi connectivity index (χ1n) is 9.74. The van der Waals surface area contributed by atoms with Crippen LogP contribution in [0.3, 0.4) is 0 Å². The van der Waals surface area contributed by atoms with Crippen molar-refractivity contribution < 1.29 is 18.4 Å². The van der Waals surface area contributed by atoms with Crippen molar-refractivity contribution in [3.05, 3.63) is 93.8 Å². The fourth-order valence-electron chi connectivity index (χ4n) is 3.53. The van der Waals surface area contributed by atoms with Gasteiger partial charge in [0.05, 0.1) is 17.5 Å². The van der Waals surface area contributed by atoms with Gasteiger partial charge in [-0.15, -0.1) is 0 Å². The fraction of sp³-hybridized carbons (Fsp3) is 0.0400. The number of halogens is 1. The molecule has 0 atom stereocenters. The first kappa shape index (κ1) is 19.9. The Kier molecular flexibility index (Phi) is 4.92.